The number of rotatable bonds is 6. The van der Waals surface area contributed by atoms with E-state index in [4.69, 9.17) is 5.73 Å². The fourth-order valence-electron chi connectivity index (χ4n) is 2.93. The van der Waals surface area contributed by atoms with Gasteiger partial charge in [0.15, 0.2) is 0 Å². The minimum absolute atomic E-state index is 0. The van der Waals surface area contributed by atoms with Gasteiger partial charge in [0.05, 0.1) is 11.1 Å². The summed E-state index contributed by atoms with van der Waals surface area (Å²) in [5.74, 6) is -1.000. The van der Waals surface area contributed by atoms with Crippen LogP contribution in [0.3, 0.4) is 0 Å². The van der Waals surface area contributed by atoms with E-state index in [-0.39, 0.29) is 35.7 Å². The van der Waals surface area contributed by atoms with Crippen molar-refractivity contribution in [1.29, 1.82) is 0 Å². The second-order valence-electron chi connectivity index (χ2n) is 7.43. The molecule has 0 saturated heterocycles. The molecule has 6 nitrogen and oxygen atoms in total. The van der Waals surface area contributed by atoms with Gasteiger partial charge in [-0.15, -0.1) is 12.4 Å². The third-order valence-corrected chi connectivity index (χ3v) is 4.40. The van der Waals surface area contributed by atoms with Gasteiger partial charge in [-0.1, -0.05) is 30.3 Å². The van der Waals surface area contributed by atoms with E-state index in [1.54, 1.807) is 12.1 Å². The molecule has 1 heterocycles. The maximum Gasteiger partial charge on any atom is 0.261 e. The number of hydrogen-bond donors (Lipinski definition) is 2. The van der Waals surface area contributed by atoms with Crippen LogP contribution in [0, 0.1) is 0 Å². The van der Waals surface area contributed by atoms with Crippen molar-refractivity contribution in [1.82, 2.24) is 10.2 Å². The van der Waals surface area contributed by atoms with E-state index in [0.717, 1.165) is 5.56 Å². The Hall–Kier alpha value is -2.70. The zero-order chi connectivity index (χ0) is 19.6. The first-order chi connectivity index (χ1) is 12.8. The van der Waals surface area contributed by atoms with Crippen molar-refractivity contribution < 1.29 is 14.4 Å². The lowest BCUT2D eigenvalue weighted by Crippen LogP contribution is -2.45. The standard InChI is InChI=1S/C21H23N3O3.ClH/c1-21(2,22)13-23-18(25)15-8-9-16-17(12-15)20(27)24(19(16)26)11-10-14-6-4-3-5-7-14;/h3-9,12H,10-11,13,22H2,1-2H3,(H,23,25);1H. The molecule has 0 aliphatic carbocycles. The average Bonchev–Trinajstić information content (AvgIpc) is 2.88. The molecule has 0 fully saturated rings. The Bertz CT molecular complexity index is 892. The van der Waals surface area contributed by atoms with E-state index in [2.05, 4.69) is 5.32 Å². The summed E-state index contributed by atoms with van der Waals surface area (Å²) in [6.45, 7) is 4.23. The third-order valence-electron chi connectivity index (χ3n) is 4.40. The van der Waals surface area contributed by atoms with E-state index in [9.17, 15) is 14.4 Å². The predicted molar refractivity (Wildman–Crippen MR) is 110 cm³/mol. The quantitative estimate of drug-likeness (QED) is 0.727. The summed E-state index contributed by atoms with van der Waals surface area (Å²) in [7, 11) is 0. The first-order valence-electron chi connectivity index (χ1n) is 8.87. The molecule has 3 rings (SSSR count). The molecule has 2 aromatic carbocycles. The molecular weight excluding hydrogens is 378 g/mol. The molecule has 1 aliphatic heterocycles. The Morgan fingerprint density at radius 3 is 2.32 bits per heavy atom. The molecule has 0 unspecified atom stereocenters. The number of nitrogens with two attached hydrogens (primary N) is 1. The van der Waals surface area contributed by atoms with Gasteiger partial charge in [-0.3, -0.25) is 19.3 Å². The average molecular weight is 402 g/mol. The van der Waals surface area contributed by atoms with Gasteiger partial charge in [0, 0.05) is 24.2 Å². The SMILES string of the molecule is CC(C)(N)CNC(=O)c1ccc2c(c1)C(=O)N(CCc1ccccc1)C2=O.Cl. The fourth-order valence-corrected chi connectivity index (χ4v) is 2.93. The van der Waals surface area contributed by atoms with Crippen LogP contribution in [-0.2, 0) is 6.42 Å². The molecule has 1 aliphatic rings. The monoisotopic (exact) mass is 401 g/mol. The minimum atomic E-state index is -0.535. The second kappa shape index (κ2) is 8.54. The van der Waals surface area contributed by atoms with Gasteiger partial charge < -0.3 is 11.1 Å². The number of hydrogen-bond acceptors (Lipinski definition) is 4. The number of amides is 3. The van der Waals surface area contributed by atoms with Gasteiger partial charge in [-0.2, -0.15) is 0 Å². The van der Waals surface area contributed by atoms with E-state index >= 15 is 0 Å². The van der Waals surface area contributed by atoms with Crippen LogP contribution in [0.5, 0.6) is 0 Å². The van der Waals surface area contributed by atoms with Crippen molar-refractivity contribution in [3.63, 3.8) is 0 Å². The predicted octanol–water partition coefficient (Wildman–Crippen LogP) is 2.41. The summed E-state index contributed by atoms with van der Waals surface area (Å²) in [6, 6.07) is 14.3. The molecular formula is C21H24ClN3O3. The second-order valence-corrected chi connectivity index (χ2v) is 7.43. The highest BCUT2D eigenvalue weighted by atomic mass is 35.5. The van der Waals surface area contributed by atoms with Crippen molar-refractivity contribution in [3.8, 4) is 0 Å². The number of carbonyl (C=O) groups excluding carboxylic acids is 3. The molecule has 3 amide bonds. The van der Waals surface area contributed by atoms with Crippen molar-refractivity contribution in [2.45, 2.75) is 25.8 Å². The fraction of sp³-hybridized carbons (Fsp3) is 0.286. The van der Waals surface area contributed by atoms with Crippen molar-refractivity contribution in [3.05, 3.63) is 70.8 Å². The Labute approximate surface area is 170 Å². The van der Waals surface area contributed by atoms with Gasteiger partial charge >= 0.3 is 0 Å². The summed E-state index contributed by atoms with van der Waals surface area (Å²) >= 11 is 0. The summed E-state index contributed by atoms with van der Waals surface area (Å²) in [5, 5.41) is 2.74. The molecule has 3 N–H and O–H groups in total. The van der Waals surface area contributed by atoms with Crippen molar-refractivity contribution in [2.24, 2.45) is 5.73 Å². The highest BCUT2D eigenvalue weighted by molar-refractivity contribution is 6.22. The van der Waals surface area contributed by atoms with Crippen LogP contribution < -0.4 is 11.1 Å². The molecule has 0 aromatic heterocycles. The number of nitrogens with zero attached hydrogens (tertiary/aromatic N) is 1. The van der Waals surface area contributed by atoms with Crippen molar-refractivity contribution >= 4 is 30.1 Å². The molecule has 0 spiro atoms. The summed E-state index contributed by atoms with van der Waals surface area (Å²) in [4.78, 5) is 38.8. The first-order valence-corrected chi connectivity index (χ1v) is 8.87. The van der Waals surface area contributed by atoms with Gasteiger partial charge in [-0.25, -0.2) is 0 Å². The van der Waals surface area contributed by atoms with Gasteiger partial charge in [0.1, 0.15) is 0 Å². The first kappa shape index (κ1) is 21.6. The van der Waals surface area contributed by atoms with Crippen LogP contribution in [0.4, 0.5) is 0 Å². The van der Waals surface area contributed by atoms with E-state index in [0.29, 0.717) is 30.6 Å². The van der Waals surface area contributed by atoms with Crippen LogP contribution in [0.15, 0.2) is 48.5 Å². The number of benzene rings is 2. The summed E-state index contributed by atoms with van der Waals surface area (Å²) in [6.07, 6.45) is 0.589. The van der Waals surface area contributed by atoms with Crippen LogP contribution in [0.1, 0.15) is 50.5 Å². The van der Waals surface area contributed by atoms with E-state index in [1.807, 2.05) is 44.2 Å². The topological polar surface area (TPSA) is 92.5 Å². The summed E-state index contributed by atoms with van der Waals surface area (Å²) in [5.41, 5.74) is 7.34. The van der Waals surface area contributed by atoms with E-state index in [1.165, 1.54) is 11.0 Å². The van der Waals surface area contributed by atoms with Gasteiger partial charge in [0.2, 0.25) is 0 Å². The lowest BCUT2D eigenvalue weighted by molar-refractivity contribution is 0.0656. The molecule has 0 bridgehead atoms. The van der Waals surface area contributed by atoms with Crippen molar-refractivity contribution in [2.75, 3.05) is 13.1 Å². The molecule has 7 heteroatoms. The Morgan fingerprint density at radius 2 is 1.68 bits per heavy atom. The lowest BCUT2D eigenvalue weighted by atomic mass is 10.0. The molecule has 0 atom stereocenters. The van der Waals surface area contributed by atoms with Gasteiger partial charge in [0.25, 0.3) is 17.7 Å². The number of carbonyl (C=O) groups is 3. The maximum atomic E-state index is 12.7. The lowest BCUT2D eigenvalue weighted by Gasteiger charge is -2.18. The zero-order valence-electron chi connectivity index (χ0n) is 15.9. The normalized spacial score (nSPS) is 13.2. The Morgan fingerprint density at radius 1 is 1.04 bits per heavy atom. The number of fused-ring (bicyclic) bond motifs is 1. The minimum Gasteiger partial charge on any atom is -0.350 e. The summed E-state index contributed by atoms with van der Waals surface area (Å²) < 4.78 is 0. The van der Waals surface area contributed by atoms with Crippen LogP contribution >= 0.6 is 12.4 Å². The molecule has 148 valence electrons. The molecule has 28 heavy (non-hydrogen) atoms. The van der Waals surface area contributed by atoms with Crippen LogP contribution in [0.2, 0.25) is 0 Å². The Balaban J connectivity index is 0.00000280. The largest absolute Gasteiger partial charge is 0.350 e. The Kier molecular flexibility index (Phi) is 6.59. The number of nitrogens with one attached hydrogen (secondary N) is 1. The number of halogens is 1. The van der Waals surface area contributed by atoms with Gasteiger partial charge in [-0.05, 0) is 44.0 Å². The zero-order valence-corrected chi connectivity index (χ0v) is 16.7. The van der Waals surface area contributed by atoms with E-state index < -0.39 is 5.54 Å². The maximum absolute atomic E-state index is 12.7. The molecule has 0 radical (unpaired) electrons. The highest BCUT2D eigenvalue weighted by Gasteiger charge is 2.35. The van der Waals surface area contributed by atoms with Crippen LogP contribution in [-0.4, -0.2) is 41.2 Å². The highest BCUT2D eigenvalue weighted by Crippen LogP contribution is 2.24. The third kappa shape index (κ3) is 4.77. The molecule has 2 aromatic rings. The van der Waals surface area contributed by atoms with Crippen LogP contribution in [0.25, 0.3) is 0 Å². The molecule has 0 saturated carbocycles. The smallest absolute Gasteiger partial charge is 0.261 e. The number of imide groups is 1.